The Kier molecular flexibility index (Phi) is 4.24. The number of hydrogen-bond acceptors (Lipinski definition) is 3. The molecule has 0 atom stereocenters. The molecule has 0 fully saturated rings. The van der Waals surface area contributed by atoms with Crippen molar-refractivity contribution in [3.05, 3.63) is 52.3 Å². The number of ether oxygens (including phenoxy) is 1. The summed E-state index contributed by atoms with van der Waals surface area (Å²) in [4.78, 5) is 12.2. The van der Waals surface area contributed by atoms with E-state index in [-0.39, 0.29) is 5.56 Å². The number of nitrogen functional groups attached to an aromatic ring is 1. The number of benzene rings is 2. The highest BCUT2D eigenvalue weighted by Crippen LogP contribution is 2.26. The maximum atomic E-state index is 13.2. The molecule has 0 heterocycles. The fraction of sp³-hybridized carbons (Fsp3) is 0.0714. The van der Waals surface area contributed by atoms with E-state index in [2.05, 4.69) is 21.2 Å². The molecule has 0 radical (unpaired) electrons. The van der Waals surface area contributed by atoms with Crippen molar-refractivity contribution in [2.24, 2.45) is 0 Å². The molecule has 20 heavy (non-hydrogen) atoms. The van der Waals surface area contributed by atoms with Gasteiger partial charge in [-0.1, -0.05) is 0 Å². The van der Waals surface area contributed by atoms with Crippen LogP contribution in [0.4, 0.5) is 15.8 Å². The highest BCUT2D eigenvalue weighted by Gasteiger charge is 2.14. The third-order valence-corrected chi connectivity index (χ3v) is 3.34. The van der Waals surface area contributed by atoms with Crippen LogP contribution >= 0.6 is 15.9 Å². The minimum atomic E-state index is -0.442. The minimum absolute atomic E-state index is 0.281. The second-order valence-electron chi connectivity index (χ2n) is 4.04. The number of nitrogens with one attached hydrogen (secondary N) is 1. The number of halogens is 2. The van der Waals surface area contributed by atoms with Gasteiger partial charge in [0.25, 0.3) is 5.91 Å². The minimum Gasteiger partial charge on any atom is -0.496 e. The Hall–Kier alpha value is -2.08. The van der Waals surface area contributed by atoms with Crippen LogP contribution < -0.4 is 15.8 Å². The molecule has 2 aromatic carbocycles. The fourth-order valence-corrected chi connectivity index (χ4v) is 2.03. The summed E-state index contributed by atoms with van der Waals surface area (Å²) in [7, 11) is 1.46. The molecule has 0 spiro atoms. The lowest BCUT2D eigenvalue weighted by Crippen LogP contribution is -2.14. The van der Waals surface area contributed by atoms with E-state index in [0.29, 0.717) is 21.6 Å². The SMILES string of the molecule is COc1ccc(N)cc1C(=O)Nc1cc(F)ccc1Br. The zero-order chi connectivity index (χ0) is 14.7. The van der Waals surface area contributed by atoms with Crippen LogP contribution in [-0.2, 0) is 0 Å². The number of carbonyl (C=O) groups excluding carboxylic acids is 1. The molecule has 2 aromatic rings. The molecular weight excluding hydrogens is 327 g/mol. The molecule has 3 N–H and O–H groups in total. The fourth-order valence-electron chi connectivity index (χ4n) is 1.69. The molecule has 0 unspecified atom stereocenters. The second-order valence-corrected chi connectivity index (χ2v) is 4.89. The van der Waals surface area contributed by atoms with Crippen molar-refractivity contribution in [1.82, 2.24) is 0 Å². The first-order chi connectivity index (χ1) is 9.51. The Morgan fingerprint density at radius 3 is 2.75 bits per heavy atom. The van der Waals surface area contributed by atoms with Gasteiger partial charge in [-0.05, 0) is 52.3 Å². The molecule has 0 aliphatic rings. The number of amides is 1. The average Bonchev–Trinajstić information content (AvgIpc) is 2.42. The Morgan fingerprint density at radius 2 is 2.05 bits per heavy atom. The Morgan fingerprint density at radius 1 is 1.30 bits per heavy atom. The molecule has 0 aliphatic carbocycles. The van der Waals surface area contributed by atoms with Crippen molar-refractivity contribution in [3.63, 3.8) is 0 Å². The molecule has 6 heteroatoms. The number of rotatable bonds is 3. The summed E-state index contributed by atoms with van der Waals surface area (Å²) in [6.45, 7) is 0. The van der Waals surface area contributed by atoms with E-state index in [1.807, 2.05) is 0 Å². The lowest BCUT2D eigenvalue weighted by atomic mass is 10.1. The normalized spacial score (nSPS) is 10.2. The van der Waals surface area contributed by atoms with Gasteiger partial charge in [0, 0.05) is 10.2 Å². The van der Waals surface area contributed by atoms with Crippen LogP contribution in [0.3, 0.4) is 0 Å². The van der Waals surface area contributed by atoms with Crippen molar-refractivity contribution < 1.29 is 13.9 Å². The number of carbonyl (C=O) groups is 1. The van der Waals surface area contributed by atoms with E-state index < -0.39 is 11.7 Å². The van der Waals surface area contributed by atoms with Gasteiger partial charge < -0.3 is 15.8 Å². The number of methoxy groups -OCH3 is 1. The molecule has 104 valence electrons. The van der Waals surface area contributed by atoms with Crippen LogP contribution in [0.5, 0.6) is 5.75 Å². The summed E-state index contributed by atoms with van der Waals surface area (Å²) >= 11 is 3.24. The predicted molar refractivity (Wildman–Crippen MR) is 79.5 cm³/mol. The molecular formula is C14H12BrFN2O2. The van der Waals surface area contributed by atoms with Gasteiger partial charge in [-0.2, -0.15) is 0 Å². The van der Waals surface area contributed by atoms with Crippen molar-refractivity contribution >= 4 is 33.2 Å². The summed E-state index contributed by atoms with van der Waals surface area (Å²) in [6, 6.07) is 8.77. The molecule has 2 rings (SSSR count). The standard InChI is InChI=1S/C14H12BrFN2O2/c1-20-13-5-3-9(17)7-10(13)14(19)18-12-6-8(16)2-4-11(12)15/h2-7H,17H2,1H3,(H,18,19). The maximum Gasteiger partial charge on any atom is 0.259 e. The van der Waals surface area contributed by atoms with E-state index >= 15 is 0 Å². The van der Waals surface area contributed by atoms with E-state index in [0.717, 1.165) is 0 Å². The van der Waals surface area contributed by atoms with Crippen molar-refractivity contribution in [2.75, 3.05) is 18.2 Å². The van der Waals surface area contributed by atoms with Crippen LogP contribution in [0, 0.1) is 5.82 Å². The van der Waals surface area contributed by atoms with Crippen LogP contribution in [-0.4, -0.2) is 13.0 Å². The van der Waals surface area contributed by atoms with Gasteiger partial charge in [0.15, 0.2) is 0 Å². The van der Waals surface area contributed by atoms with E-state index in [9.17, 15) is 9.18 Å². The lowest BCUT2D eigenvalue weighted by molar-refractivity contribution is 0.102. The van der Waals surface area contributed by atoms with Gasteiger partial charge in [-0.3, -0.25) is 4.79 Å². The predicted octanol–water partition coefficient (Wildman–Crippen LogP) is 3.43. The molecule has 0 aliphatic heterocycles. The number of nitrogens with two attached hydrogens (primary N) is 1. The van der Waals surface area contributed by atoms with E-state index in [1.165, 1.54) is 31.4 Å². The Bertz CT molecular complexity index is 662. The third-order valence-electron chi connectivity index (χ3n) is 2.64. The van der Waals surface area contributed by atoms with Gasteiger partial charge in [0.1, 0.15) is 11.6 Å². The summed E-state index contributed by atoms with van der Waals surface area (Å²) in [5, 5.41) is 2.61. The first-order valence-electron chi connectivity index (χ1n) is 5.71. The quantitative estimate of drug-likeness (QED) is 0.842. The first-order valence-corrected chi connectivity index (χ1v) is 6.50. The monoisotopic (exact) mass is 338 g/mol. The zero-order valence-electron chi connectivity index (χ0n) is 10.6. The molecule has 0 bridgehead atoms. The Labute approximate surface area is 123 Å². The van der Waals surface area contributed by atoms with Gasteiger partial charge in [-0.15, -0.1) is 0 Å². The van der Waals surface area contributed by atoms with Crippen LogP contribution in [0.15, 0.2) is 40.9 Å². The van der Waals surface area contributed by atoms with Gasteiger partial charge in [-0.25, -0.2) is 4.39 Å². The van der Waals surface area contributed by atoms with Crippen LogP contribution in [0.1, 0.15) is 10.4 Å². The summed E-state index contributed by atoms with van der Waals surface area (Å²) in [5.41, 5.74) is 6.72. The molecule has 1 amide bonds. The largest absolute Gasteiger partial charge is 0.496 e. The number of hydrogen-bond donors (Lipinski definition) is 2. The van der Waals surface area contributed by atoms with Crippen LogP contribution in [0.2, 0.25) is 0 Å². The number of anilines is 2. The second kappa shape index (κ2) is 5.92. The maximum absolute atomic E-state index is 13.2. The molecule has 0 aromatic heterocycles. The molecule has 0 saturated heterocycles. The van der Waals surface area contributed by atoms with E-state index in [1.54, 1.807) is 12.1 Å². The molecule has 4 nitrogen and oxygen atoms in total. The zero-order valence-corrected chi connectivity index (χ0v) is 12.2. The highest BCUT2D eigenvalue weighted by molar-refractivity contribution is 9.10. The van der Waals surface area contributed by atoms with Crippen molar-refractivity contribution in [1.29, 1.82) is 0 Å². The first kappa shape index (κ1) is 14.3. The summed E-state index contributed by atoms with van der Waals surface area (Å²) < 4.78 is 18.9. The lowest BCUT2D eigenvalue weighted by Gasteiger charge is -2.11. The highest BCUT2D eigenvalue weighted by atomic mass is 79.9. The Balaban J connectivity index is 2.32. The third kappa shape index (κ3) is 3.08. The smallest absolute Gasteiger partial charge is 0.259 e. The van der Waals surface area contributed by atoms with Crippen LogP contribution in [0.25, 0.3) is 0 Å². The van der Waals surface area contributed by atoms with Gasteiger partial charge >= 0.3 is 0 Å². The average molecular weight is 339 g/mol. The molecule has 0 saturated carbocycles. The van der Waals surface area contributed by atoms with E-state index in [4.69, 9.17) is 10.5 Å². The summed E-state index contributed by atoms with van der Waals surface area (Å²) in [5.74, 6) is -0.479. The van der Waals surface area contributed by atoms with Gasteiger partial charge in [0.05, 0.1) is 18.4 Å². The van der Waals surface area contributed by atoms with Crippen molar-refractivity contribution in [3.8, 4) is 5.75 Å². The topological polar surface area (TPSA) is 64.3 Å². The van der Waals surface area contributed by atoms with Gasteiger partial charge in [0.2, 0.25) is 0 Å². The van der Waals surface area contributed by atoms with Crippen molar-refractivity contribution in [2.45, 2.75) is 0 Å². The summed E-state index contributed by atoms with van der Waals surface area (Å²) in [6.07, 6.45) is 0.